The third-order valence-electron chi connectivity index (χ3n) is 4.55. The molecule has 1 aliphatic carbocycles. The Morgan fingerprint density at radius 1 is 1.22 bits per heavy atom. The lowest BCUT2D eigenvalue weighted by molar-refractivity contribution is -0.133. The minimum atomic E-state index is -0.175. The zero-order valence-corrected chi connectivity index (χ0v) is 18.9. The molecule has 0 spiro atoms. The van der Waals surface area contributed by atoms with Crippen molar-refractivity contribution in [3.05, 3.63) is 0 Å². The van der Waals surface area contributed by atoms with Gasteiger partial charge in [0.25, 0.3) is 0 Å². The largest absolute Gasteiger partial charge is 0.355 e. The van der Waals surface area contributed by atoms with E-state index in [1.807, 2.05) is 18.7 Å². The predicted octanol–water partition coefficient (Wildman–Crippen LogP) is 3.82. The van der Waals surface area contributed by atoms with E-state index in [1.54, 1.807) is 0 Å². The first-order valence-electron chi connectivity index (χ1n) is 9.75. The number of amides is 2. The molecule has 0 aromatic carbocycles. The lowest BCUT2D eigenvalue weighted by atomic mass is 9.94. The summed E-state index contributed by atoms with van der Waals surface area (Å²) in [6.45, 7) is 7.50. The number of nitrogens with zero attached hydrogens (tertiary/aromatic N) is 3. The Labute approximate surface area is 174 Å². The molecular weight excluding hydrogens is 400 g/mol. The summed E-state index contributed by atoms with van der Waals surface area (Å²) in [5.41, 5.74) is 0. The Balaban J connectivity index is 1.84. The quantitative estimate of drug-likeness (QED) is 0.569. The summed E-state index contributed by atoms with van der Waals surface area (Å²) in [4.78, 5) is 26.6. The van der Waals surface area contributed by atoms with Gasteiger partial charge in [-0.05, 0) is 33.1 Å². The van der Waals surface area contributed by atoms with Crippen molar-refractivity contribution in [2.75, 3.05) is 18.8 Å². The summed E-state index contributed by atoms with van der Waals surface area (Å²) in [6, 6.07) is 0.390. The maximum absolute atomic E-state index is 12.9. The van der Waals surface area contributed by atoms with Crippen LogP contribution < -0.4 is 5.32 Å². The van der Waals surface area contributed by atoms with E-state index >= 15 is 0 Å². The molecular formula is C18H30N4O2S3. The van der Waals surface area contributed by atoms with Crippen molar-refractivity contribution >= 4 is 46.7 Å². The van der Waals surface area contributed by atoms with Crippen LogP contribution >= 0.6 is 34.9 Å². The second kappa shape index (κ2) is 11.9. The number of hydrogen-bond acceptors (Lipinski definition) is 7. The van der Waals surface area contributed by atoms with Crippen LogP contribution in [0.1, 0.15) is 59.3 Å². The number of rotatable bonds is 10. The normalized spacial score (nSPS) is 16.1. The van der Waals surface area contributed by atoms with Gasteiger partial charge in [-0.2, -0.15) is 0 Å². The van der Waals surface area contributed by atoms with Crippen LogP contribution in [-0.4, -0.2) is 57.0 Å². The van der Waals surface area contributed by atoms with Crippen molar-refractivity contribution in [3.8, 4) is 0 Å². The molecule has 152 valence electrons. The Morgan fingerprint density at radius 2 is 1.93 bits per heavy atom. The van der Waals surface area contributed by atoms with E-state index in [2.05, 4.69) is 22.4 Å². The molecule has 2 amide bonds. The molecule has 1 aliphatic rings. The molecule has 6 nitrogen and oxygen atoms in total. The summed E-state index contributed by atoms with van der Waals surface area (Å²) >= 11 is 4.31. The number of carbonyl (C=O) groups is 2. The van der Waals surface area contributed by atoms with Crippen LogP contribution in [0.25, 0.3) is 0 Å². The topological polar surface area (TPSA) is 75.2 Å². The summed E-state index contributed by atoms with van der Waals surface area (Å²) in [6.07, 6.45) is 6.90. The Hall–Kier alpha value is -0.800. The van der Waals surface area contributed by atoms with Crippen molar-refractivity contribution in [2.24, 2.45) is 0 Å². The maximum atomic E-state index is 12.9. The number of thioether (sulfide) groups is 2. The fourth-order valence-corrected chi connectivity index (χ4v) is 6.23. The highest BCUT2D eigenvalue weighted by Gasteiger charge is 2.28. The standard InChI is InChI=1S/C18H30N4O2S3/c1-4-11-19-15(23)12-25-17-20-21-18(27-17)26-13(3)16(24)22(5-2)14-9-7-6-8-10-14/h13-14H,4-12H2,1-3H3,(H,19,23). The lowest BCUT2D eigenvalue weighted by Crippen LogP contribution is -2.44. The minimum Gasteiger partial charge on any atom is -0.355 e. The summed E-state index contributed by atoms with van der Waals surface area (Å²) in [5.74, 6) is 0.553. The van der Waals surface area contributed by atoms with Gasteiger partial charge in [0.05, 0.1) is 11.0 Å². The highest BCUT2D eigenvalue weighted by molar-refractivity contribution is 8.04. The number of aromatic nitrogens is 2. The highest BCUT2D eigenvalue weighted by Crippen LogP contribution is 2.32. The van der Waals surface area contributed by atoms with Crippen molar-refractivity contribution < 1.29 is 9.59 Å². The second-order valence-corrected chi connectivity index (χ2v) is 10.4. The molecule has 27 heavy (non-hydrogen) atoms. The molecule has 1 aromatic heterocycles. The van der Waals surface area contributed by atoms with Gasteiger partial charge in [0, 0.05) is 19.1 Å². The van der Waals surface area contributed by atoms with E-state index in [1.165, 1.54) is 54.1 Å². The fourth-order valence-electron chi connectivity index (χ4n) is 3.17. The molecule has 1 atom stereocenters. The van der Waals surface area contributed by atoms with Gasteiger partial charge in [0.2, 0.25) is 11.8 Å². The molecule has 0 radical (unpaired) electrons. The average Bonchev–Trinajstić information content (AvgIpc) is 3.13. The predicted molar refractivity (Wildman–Crippen MR) is 114 cm³/mol. The van der Waals surface area contributed by atoms with Gasteiger partial charge in [0.1, 0.15) is 0 Å². The minimum absolute atomic E-state index is 0.0147. The first-order valence-corrected chi connectivity index (χ1v) is 12.4. The molecule has 1 saturated carbocycles. The van der Waals surface area contributed by atoms with E-state index in [4.69, 9.17) is 0 Å². The van der Waals surface area contributed by atoms with Crippen molar-refractivity contribution in [3.63, 3.8) is 0 Å². The molecule has 1 N–H and O–H groups in total. The lowest BCUT2D eigenvalue weighted by Gasteiger charge is -2.35. The van der Waals surface area contributed by atoms with E-state index in [0.717, 1.165) is 34.5 Å². The van der Waals surface area contributed by atoms with Crippen LogP contribution in [0.5, 0.6) is 0 Å². The first-order chi connectivity index (χ1) is 13.0. The molecule has 0 aliphatic heterocycles. The number of carbonyl (C=O) groups excluding carboxylic acids is 2. The van der Waals surface area contributed by atoms with Gasteiger partial charge in [0.15, 0.2) is 8.68 Å². The van der Waals surface area contributed by atoms with Gasteiger partial charge in [-0.1, -0.05) is 61.0 Å². The van der Waals surface area contributed by atoms with Crippen LogP contribution in [-0.2, 0) is 9.59 Å². The summed E-state index contributed by atoms with van der Waals surface area (Å²) in [7, 11) is 0. The van der Waals surface area contributed by atoms with Crippen molar-refractivity contribution in [2.45, 2.75) is 79.3 Å². The van der Waals surface area contributed by atoms with E-state index in [0.29, 0.717) is 18.3 Å². The van der Waals surface area contributed by atoms with Crippen molar-refractivity contribution in [1.29, 1.82) is 0 Å². The number of hydrogen-bond donors (Lipinski definition) is 1. The molecule has 1 heterocycles. The SMILES string of the molecule is CCCNC(=O)CSc1nnc(SC(C)C(=O)N(CC)C2CCCCC2)s1. The third-order valence-corrected chi connectivity index (χ3v) is 7.78. The molecule has 1 unspecified atom stereocenters. The molecule has 1 fully saturated rings. The molecule has 0 saturated heterocycles. The van der Waals surface area contributed by atoms with Gasteiger partial charge in [-0.15, -0.1) is 10.2 Å². The van der Waals surface area contributed by atoms with Crippen LogP contribution in [0.15, 0.2) is 8.68 Å². The first kappa shape index (κ1) is 22.5. The van der Waals surface area contributed by atoms with Crippen LogP contribution in [0.4, 0.5) is 0 Å². The molecule has 9 heteroatoms. The van der Waals surface area contributed by atoms with Gasteiger partial charge in [-0.3, -0.25) is 9.59 Å². The molecule has 1 aromatic rings. The summed E-state index contributed by atoms with van der Waals surface area (Å²) < 4.78 is 1.55. The van der Waals surface area contributed by atoms with Gasteiger partial charge >= 0.3 is 0 Å². The molecule has 2 rings (SSSR count). The van der Waals surface area contributed by atoms with E-state index in [9.17, 15) is 9.59 Å². The Bertz CT molecular complexity index is 605. The second-order valence-electron chi connectivity index (χ2n) is 6.65. The zero-order valence-electron chi connectivity index (χ0n) is 16.4. The van der Waals surface area contributed by atoms with E-state index < -0.39 is 0 Å². The highest BCUT2D eigenvalue weighted by atomic mass is 32.2. The Kier molecular flexibility index (Phi) is 9.92. The van der Waals surface area contributed by atoms with Gasteiger partial charge in [-0.25, -0.2) is 0 Å². The Morgan fingerprint density at radius 3 is 2.59 bits per heavy atom. The van der Waals surface area contributed by atoms with Crippen LogP contribution in [0.2, 0.25) is 0 Å². The fraction of sp³-hybridized carbons (Fsp3) is 0.778. The monoisotopic (exact) mass is 430 g/mol. The van der Waals surface area contributed by atoms with Crippen LogP contribution in [0.3, 0.4) is 0 Å². The summed E-state index contributed by atoms with van der Waals surface area (Å²) in [5, 5.41) is 11.0. The maximum Gasteiger partial charge on any atom is 0.236 e. The average molecular weight is 431 g/mol. The molecule has 0 bridgehead atoms. The zero-order chi connectivity index (χ0) is 19.6. The van der Waals surface area contributed by atoms with Crippen molar-refractivity contribution in [1.82, 2.24) is 20.4 Å². The smallest absolute Gasteiger partial charge is 0.236 e. The van der Waals surface area contributed by atoms with Crippen LogP contribution in [0, 0.1) is 0 Å². The number of nitrogens with one attached hydrogen (secondary N) is 1. The van der Waals surface area contributed by atoms with Gasteiger partial charge < -0.3 is 10.2 Å². The third kappa shape index (κ3) is 7.27. The van der Waals surface area contributed by atoms with E-state index in [-0.39, 0.29) is 17.1 Å².